The molecule has 0 radical (unpaired) electrons. The Bertz CT molecular complexity index is 334. The summed E-state index contributed by atoms with van der Waals surface area (Å²) in [5.74, 6) is -1.07. The van der Waals surface area contributed by atoms with Gasteiger partial charge in [0, 0.05) is 19.7 Å². The lowest BCUT2D eigenvalue weighted by molar-refractivity contribution is -0.140. The zero-order valence-corrected chi connectivity index (χ0v) is 7.67. The summed E-state index contributed by atoms with van der Waals surface area (Å²) in [5.41, 5.74) is 0.634. The number of carboxylic acid groups (broad SMARTS) is 1. The van der Waals surface area contributed by atoms with Gasteiger partial charge < -0.3 is 15.0 Å². The van der Waals surface area contributed by atoms with Crippen LogP contribution in [0.3, 0.4) is 0 Å². The fraction of sp³-hybridized carbons (Fsp3) is 0.375. The minimum atomic E-state index is -1.07. The van der Waals surface area contributed by atoms with E-state index in [-0.39, 0.29) is 6.42 Å². The summed E-state index contributed by atoms with van der Waals surface area (Å²) >= 11 is 0. The van der Waals surface area contributed by atoms with Crippen LogP contribution in [0, 0.1) is 0 Å². The van der Waals surface area contributed by atoms with Crippen LogP contribution in [0.25, 0.3) is 0 Å². The van der Waals surface area contributed by atoms with E-state index in [4.69, 9.17) is 5.11 Å². The highest BCUT2D eigenvalue weighted by atomic mass is 16.4. The van der Waals surface area contributed by atoms with Crippen LogP contribution >= 0.6 is 0 Å². The van der Waals surface area contributed by atoms with E-state index >= 15 is 0 Å². The molecule has 76 valence electrons. The quantitative estimate of drug-likeness (QED) is 0.603. The number of amides is 1. The summed E-state index contributed by atoms with van der Waals surface area (Å²) in [7, 11) is 1.79. The molecule has 1 rings (SSSR count). The molecule has 2 N–H and O–H groups in total. The van der Waals surface area contributed by atoms with Crippen molar-refractivity contribution in [3.63, 3.8) is 0 Å². The lowest BCUT2D eigenvalue weighted by Crippen LogP contribution is -2.37. The third-order valence-corrected chi connectivity index (χ3v) is 1.74. The van der Waals surface area contributed by atoms with Gasteiger partial charge in [-0.05, 0) is 0 Å². The minimum Gasteiger partial charge on any atom is -0.480 e. The number of carbonyl (C=O) groups excluding carboxylic acids is 1. The predicted octanol–water partition coefficient (Wildman–Crippen LogP) is -0.838. The highest BCUT2D eigenvalue weighted by molar-refractivity contribution is 5.76. The number of nitrogens with zero attached hydrogens (tertiary/aromatic N) is 2. The molecule has 0 saturated carbocycles. The molecule has 0 bridgehead atoms. The van der Waals surface area contributed by atoms with Gasteiger partial charge >= 0.3 is 5.97 Å². The van der Waals surface area contributed by atoms with Crippen molar-refractivity contribution in [2.45, 2.75) is 12.5 Å². The van der Waals surface area contributed by atoms with Crippen molar-refractivity contribution in [2.75, 3.05) is 0 Å². The number of aromatic nitrogens is 2. The molecule has 6 heteroatoms. The molecule has 1 heterocycles. The normalized spacial score (nSPS) is 12.1. The summed E-state index contributed by atoms with van der Waals surface area (Å²) in [6.07, 6.45) is 3.86. The third-order valence-electron chi connectivity index (χ3n) is 1.74. The molecular weight excluding hydrogens is 186 g/mol. The number of aryl methyl sites for hydroxylation is 1. The van der Waals surface area contributed by atoms with E-state index in [9.17, 15) is 9.59 Å². The van der Waals surface area contributed by atoms with Crippen LogP contribution < -0.4 is 5.32 Å². The number of carboxylic acids is 1. The number of aliphatic carboxylic acids is 1. The Morgan fingerprint density at radius 1 is 1.86 bits per heavy atom. The first kappa shape index (κ1) is 10.2. The minimum absolute atomic E-state index is 0.189. The molecule has 0 fully saturated rings. The molecule has 0 saturated heterocycles. The molecule has 0 aromatic carbocycles. The lowest BCUT2D eigenvalue weighted by Gasteiger charge is -2.08. The molecule has 1 unspecified atom stereocenters. The van der Waals surface area contributed by atoms with Crippen molar-refractivity contribution in [1.29, 1.82) is 0 Å². The highest BCUT2D eigenvalue weighted by Gasteiger charge is 2.17. The van der Waals surface area contributed by atoms with Crippen LogP contribution in [0.5, 0.6) is 0 Å². The zero-order valence-electron chi connectivity index (χ0n) is 7.67. The number of nitrogens with one attached hydrogen (secondary N) is 1. The fourth-order valence-corrected chi connectivity index (χ4v) is 1.08. The molecule has 1 atom stereocenters. The van der Waals surface area contributed by atoms with Crippen molar-refractivity contribution in [3.8, 4) is 0 Å². The van der Waals surface area contributed by atoms with Gasteiger partial charge in [-0.3, -0.25) is 4.79 Å². The number of imidazole rings is 1. The van der Waals surface area contributed by atoms with E-state index in [1.54, 1.807) is 24.1 Å². The van der Waals surface area contributed by atoms with E-state index in [1.807, 2.05) is 0 Å². The van der Waals surface area contributed by atoms with Gasteiger partial charge in [0.1, 0.15) is 6.04 Å². The Labute approximate surface area is 80.6 Å². The zero-order chi connectivity index (χ0) is 10.6. The third kappa shape index (κ3) is 2.58. The van der Waals surface area contributed by atoms with Gasteiger partial charge in [0.05, 0.1) is 12.0 Å². The summed E-state index contributed by atoms with van der Waals surface area (Å²) in [4.78, 5) is 24.7. The number of hydrogen-bond donors (Lipinski definition) is 2. The van der Waals surface area contributed by atoms with Gasteiger partial charge in [0.25, 0.3) is 0 Å². The standard InChI is InChI=1S/C8H11N3O3/c1-11-3-6(9-4-11)2-7(8(13)14)10-5-12/h3-5,7H,2H2,1H3,(H,10,12)(H,13,14). The molecule has 0 spiro atoms. The summed E-state index contributed by atoms with van der Waals surface area (Å²) in [6.45, 7) is 0. The second-order valence-electron chi connectivity index (χ2n) is 2.91. The van der Waals surface area contributed by atoms with Crippen LogP contribution in [0.1, 0.15) is 5.69 Å². The Morgan fingerprint density at radius 2 is 2.57 bits per heavy atom. The van der Waals surface area contributed by atoms with Crippen LogP contribution in [0.15, 0.2) is 12.5 Å². The van der Waals surface area contributed by atoms with Crippen LogP contribution in [0.2, 0.25) is 0 Å². The lowest BCUT2D eigenvalue weighted by atomic mass is 10.2. The van der Waals surface area contributed by atoms with E-state index in [0.717, 1.165) is 0 Å². The van der Waals surface area contributed by atoms with Crippen LogP contribution in [-0.2, 0) is 23.1 Å². The maximum atomic E-state index is 10.6. The molecule has 1 aromatic rings. The van der Waals surface area contributed by atoms with Crippen molar-refractivity contribution in [3.05, 3.63) is 18.2 Å². The smallest absolute Gasteiger partial charge is 0.326 e. The topological polar surface area (TPSA) is 84.2 Å². The van der Waals surface area contributed by atoms with Crippen molar-refractivity contribution in [2.24, 2.45) is 7.05 Å². The van der Waals surface area contributed by atoms with Crippen molar-refractivity contribution >= 4 is 12.4 Å². The van der Waals surface area contributed by atoms with E-state index in [1.165, 1.54) is 0 Å². The van der Waals surface area contributed by atoms with Crippen LogP contribution in [0.4, 0.5) is 0 Å². The average molecular weight is 197 g/mol. The molecule has 14 heavy (non-hydrogen) atoms. The Balaban J connectivity index is 2.64. The molecule has 0 aliphatic heterocycles. The Morgan fingerprint density at radius 3 is 3.00 bits per heavy atom. The second kappa shape index (κ2) is 4.40. The van der Waals surface area contributed by atoms with Crippen molar-refractivity contribution in [1.82, 2.24) is 14.9 Å². The number of carbonyl (C=O) groups is 2. The largest absolute Gasteiger partial charge is 0.480 e. The first-order chi connectivity index (χ1) is 6.63. The predicted molar refractivity (Wildman–Crippen MR) is 47.5 cm³/mol. The maximum Gasteiger partial charge on any atom is 0.326 e. The van der Waals surface area contributed by atoms with Crippen molar-refractivity contribution < 1.29 is 14.7 Å². The van der Waals surface area contributed by atoms with Gasteiger partial charge in [-0.2, -0.15) is 0 Å². The molecule has 1 amide bonds. The van der Waals surface area contributed by atoms with Gasteiger partial charge in [-0.1, -0.05) is 0 Å². The fourth-order valence-electron chi connectivity index (χ4n) is 1.08. The first-order valence-electron chi connectivity index (χ1n) is 4.03. The average Bonchev–Trinajstić information content (AvgIpc) is 2.50. The van der Waals surface area contributed by atoms with E-state index in [0.29, 0.717) is 12.1 Å². The summed E-state index contributed by atoms with van der Waals surface area (Å²) in [5, 5.41) is 10.9. The molecule has 6 nitrogen and oxygen atoms in total. The van der Waals surface area contributed by atoms with Gasteiger partial charge in [-0.25, -0.2) is 9.78 Å². The molecule has 1 aromatic heterocycles. The summed E-state index contributed by atoms with van der Waals surface area (Å²) < 4.78 is 1.72. The van der Waals surface area contributed by atoms with E-state index in [2.05, 4.69) is 10.3 Å². The monoisotopic (exact) mass is 197 g/mol. The number of hydrogen-bond acceptors (Lipinski definition) is 3. The Hall–Kier alpha value is -1.85. The molecule has 0 aliphatic carbocycles. The second-order valence-corrected chi connectivity index (χ2v) is 2.91. The SMILES string of the molecule is Cn1cnc(CC(NC=O)C(=O)O)c1. The van der Waals surface area contributed by atoms with Gasteiger partial charge in [0.15, 0.2) is 0 Å². The highest BCUT2D eigenvalue weighted by Crippen LogP contribution is 1.99. The van der Waals surface area contributed by atoms with Gasteiger partial charge in [0.2, 0.25) is 6.41 Å². The van der Waals surface area contributed by atoms with Crippen LogP contribution in [-0.4, -0.2) is 33.1 Å². The Kier molecular flexibility index (Phi) is 3.22. The molecule has 0 aliphatic rings. The first-order valence-corrected chi connectivity index (χ1v) is 4.03. The summed E-state index contributed by atoms with van der Waals surface area (Å²) in [6, 6.07) is -0.914. The van der Waals surface area contributed by atoms with E-state index < -0.39 is 12.0 Å². The maximum absolute atomic E-state index is 10.6. The molecular formula is C8H11N3O3. The van der Waals surface area contributed by atoms with Gasteiger partial charge in [-0.15, -0.1) is 0 Å². The number of rotatable bonds is 5.